The van der Waals surface area contributed by atoms with Gasteiger partial charge in [0.05, 0.1) is 13.8 Å². The third-order valence-electron chi connectivity index (χ3n) is 0.357. The highest BCUT2D eigenvalue weighted by Crippen LogP contribution is 1.41. The van der Waals surface area contributed by atoms with Crippen molar-refractivity contribution in [1.82, 2.24) is 0 Å². The fourth-order valence-electron chi connectivity index (χ4n) is 0.255. The SMILES string of the molecule is CC(=O)[NH+]=C(C)O. The summed E-state index contributed by atoms with van der Waals surface area (Å²) < 4.78 is 0. The molecule has 0 aliphatic heterocycles. The van der Waals surface area contributed by atoms with Gasteiger partial charge in [-0.15, -0.1) is 4.99 Å². The lowest BCUT2D eigenvalue weighted by Crippen LogP contribution is -2.75. The van der Waals surface area contributed by atoms with Gasteiger partial charge < -0.3 is 5.11 Å². The maximum Gasteiger partial charge on any atom is 0.384 e. The van der Waals surface area contributed by atoms with Crippen LogP contribution in [0.15, 0.2) is 0 Å². The molecule has 0 atom stereocenters. The van der Waals surface area contributed by atoms with Crippen molar-refractivity contribution in [2.75, 3.05) is 0 Å². The van der Waals surface area contributed by atoms with Gasteiger partial charge >= 0.3 is 11.8 Å². The molecule has 0 saturated heterocycles. The zero-order valence-corrected chi connectivity index (χ0v) is 4.36. The lowest BCUT2D eigenvalue weighted by atomic mass is 10.7. The maximum atomic E-state index is 9.96. The fourth-order valence-corrected chi connectivity index (χ4v) is 0.255. The van der Waals surface area contributed by atoms with E-state index in [1.165, 1.54) is 13.8 Å². The fraction of sp³-hybridized carbons (Fsp3) is 0.500. The predicted octanol–water partition coefficient (Wildman–Crippen LogP) is -1.41. The summed E-state index contributed by atoms with van der Waals surface area (Å²) in [6.07, 6.45) is 0. The molecule has 0 aliphatic carbocycles. The van der Waals surface area contributed by atoms with E-state index in [9.17, 15) is 4.79 Å². The molecule has 0 heterocycles. The minimum absolute atomic E-state index is 0.0625. The van der Waals surface area contributed by atoms with Crippen LogP contribution >= 0.6 is 0 Å². The van der Waals surface area contributed by atoms with E-state index in [2.05, 4.69) is 4.99 Å². The van der Waals surface area contributed by atoms with Crippen molar-refractivity contribution in [1.29, 1.82) is 0 Å². The highest BCUT2D eigenvalue weighted by molar-refractivity contribution is 5.72. The first-order valence-corrected chi connectivity index (χ1v) is 1.93. The van der Waals surface area contributed by atoms with E-state index in [1.54, 1.807) is 0 Å². The van der Waals surface area contributed by atoms with Gasteiger partial charge in [-0.3, -0.25) is 0 Å². The highest BCUT2D eigenvalue weighted by Gasteiger charge is 1.93. The Hall–Kier alpha value is -0.860. The van der Waals surface area contributed by atoms with E-state index >= 15 is 0 Å². The minimum atomic E-state index is -0.250. The van der Waals surface area contributed by atoms with E-state index < -0.39 is 0 Å². The number of aliphatic hydroxyl groups is 1. The first kappa shape index (κ1) is 6.14. The Kier molecular flexibility index (Phi) is 2.05. The third kappa shape index (κ3) is 5.14. The average Bonchev–Trinajstić information content (AvgIpc) is 1.27. The topological polar surface area (TPSA) is 51.3 Å². The number of aliphatic hydroxyl groups excluding tert-OH is 1. The van der Waals surface area contributed by atoms with Gasteiger partial charge in [0.2, 0.25) is 0 Å². The summed E-state index contributed by atoms with van der Waals surface area (Å²) in [5.74, 6) is -0.312. The van der Waals surface area contributed by atoms with Gasteiger partial charge in [-0.05, 0) is 0 Å². The third-order valence-corrected chi connectivity index (χ3v) is 0.357. The second kappa shape index (κ2) is 2.34. The Labute approximate surface area is 41.7 Å². The molecule has 0 aromatic heterocycles. The molecule has 40 valence electrons. The maximum absolute atomic E-state index is 9.96. The smallest absolute Gasteiger partial charge is 0.384 e. The van der Waals surface area contributed by atoms with Crippen molar-refractivity contribution in [3.05, 3.63) is 0 Å². The molecule has 0 bridgehead atoms. The Morgan fingerprint density at radius 3 is 2.00 bits per heavy atom. The molecule has 3 nitrogen and oxygen atoms in total. The number of rotatable bonds is 0. The number of carbonyl (C=O) groups excluding carboxylic acids is 1. The predicted molar refractivity (Wildman–Crippen MR) is 25.0 cm³/mol. The van der Waals surface area contributed by atoms with Crippen molar-refractivity contribution in [2.45, 2.75) is 13.8 Å². The Balaban J connectivity index is 3.68. The van der Waals surface area contributed by atoms with Crippen LogP contribution in [0.4, 0.5) is 0 Å². The van der Waals surface area contributed by atoms with Crippen molar-refractivity contribution < 1.29 is 14.9 Å². The molecular weight excluding hydrogens is 94.0 g/mol. The van der Waals surface area contributed by atoms with Gasteiger partial charge in [0.25, 0.3) is 0 Å². The number of hydrogen-bond acceptors (Lipinski definition) is 1. The highest BCUT2D eigenvalue weighted by atomic mass is 16.3. The molecule has 0 fully saturated rings. The standard InChI is InChI=1S/C4H7NO2/c1-3(6)5-4(2)7/h1-2H3,(H,5,6,7)/p+1. The van der Waals surface area contributed by atoms with E-state index in [-0.39, 0.29) is 11.8 Å². The van der Waals surface area contributed by atoms with Crippen LogP contribution in [0, 0.1) is 0 Å². The van der Waals surface area contributed by atoms with E-state index in [0.717, 1.165) is 0 Å². The summed E-state index contributed by atoms with van der Waals surface area (Å²) in [5.41, 5.74) is 0. The lowest BCUT2D eigenvalue weighted by molar-refractivity contribution is -0.384. The summed E-state index contributed by atoms with van der Waals surface area (Å²) in [6, 6.07) is 0. The Morgan fingerprint density at radius 1 is 1.57 bits per heavy atom. The second-order valence-corrected chi connectivity index (χ2v) is 1.27. The van der Waals surface area contributed by atoms with Crippen LogP contribution in [0.1, 0.15) is 13.8 Å². The molecule has 0 rings (SSSR count). The zero-order chi connectivity index (χ0) is 5.86. The average molecular weight is 102 g/mol. The molecule has 0 spiro atoms. The van der Waals surface area contributed by atoms with Crippen molar-refractivity contribution >= 4 is 11.8 Å². The molecular formula is C4H8NO2+. The first-order chi connectivity index (χ1) is 3.13. The van der Waals surface area contributed by atoms with Crippen LogP contribution < -0.4 is 4.99 Å². The number of carbonyl (C=O) groups is 1. The largest absolute Gasteiger partial charge is 0.463 e. The monoisotopic (exact) mass is 102 g/mol. The van der Waals surface area contributed by atoms with Gasteiger partial charge in [0.15, 0.2) is 0 Å². The molecule has 2 N–H and O–H groups in total. The van der Waals surface area contributed by atoms with E-state index in [0.29, 0.717) is 0 Å². The molecule has 0 radical (unpaired) electrons. The minimum Gasteiger partial charge on any atom is -0.463 e. The van der Waals surface area contributed by atoms with E-state index in [4.69, 9.17) is 5.11 Å². The van der Waals surface area contributed by atoms with Gasteiger partial charge in [0, 0.05) is 0 Å². The quantitative estimate of drug-likeness (QED) is 0.291. The van der Waals surface area contributed by atoms with Crippen molar-refractivity contribution in [3.8, 4) is 0 Å². The number of nitrogens with one attached hydrogen (secondary N) is 1. The Bertz CT molecular complexity index is 102. The molecule has 0 aromatic carbocycles. The van der Waals surface area contributed by atoms with Gasteiger partial charge in [0.1, 0.15) is 0 Å². The molecule has 0 saturated carbocycles. The molecule has 7 heavy (non-hydrogen) atoms. The molecule has 3 heteroatoms. The first-order valence-electron chi connectivity index (χ1n) is 1.93. The summed E-state index contributed by atoms with van der Waals surface area (Å²) in [7, 11) is 0. The molecule has 1 amide bonds. The number of hydrogen-bond donors (Lipinski definition) is 2. The molecule has 0 aromatic rings. The second-order valence-electron chi connectivity index (χ2n) is 1.27. The van der Waals surface area contributed by atoms with Crippen LogP contribution in [0.5, 0.6) is 0 Å². The lowest BCUT2D eigenvalue weighted by Gasteiger charge is -1.71. The van der Waals surface area contributed by atoms with E-state index in [1.807, 2.05) is 0 Å². The summed E-state index contributed by atoms with van der Waals surface area (Å²) in [6.45, 7) is 2.74. The normalized spacial score (nSPS) is 11.4. The summed E-state index contributed by atoms with van der Waals surface area (Å²) in [4.78, 5) is 12.1. The van der Waals surface area contributed by atoms with Crippen LogP contribution in [-0.2, 0) is 4.79 Å². The molecule has 0 unspecified atom stereocenters. The molecule has 0 aliphatic rings. The zero-order valence-electron chi connectivity index (χ0n) is 4.36. The van der Waals surface area contributed by atoms with Gasteiger partial charge in [-0.2, -0.15) is 0 Å². The van der Waals surface area contributed by atoms with Crippen LogP contribution in [0.2, 0.25) is 0 Å². The van der Waals surface area contributed by atoms with Gasteiger partial charge in [-0.25, -0.2) is 4.79 Å². The van der Waals surface area contributed by atoms with Crippen molar-refractivity contribution in [2.24, 2.45) is 0 Å². The van der Waals surface area contributed by atoms with Crippen LogP contribution in [0.25, 0.3) is 0 Å². The van der Waals surface area contributed by atoms with Crippen molar-refractivity contribution in [3.63, 3.8) is 0 Å². The number of amides is 1. The van der Waals surface area contributed by atoms with Crippen LogP contribution in [0.3, 0.4) is 0 Å². The summed E-state index contributed by atoms with van der Waals surface area (Å²) in [5, 5.41) is 8.31. The Morgan fingerprint density at radius 2 is 2.00 bits per heavy atom. The van der Waals surface area contributed by atoms with Crippen LogP contribution in [-0.4, -0.2) is 16.9 Å². The summed E-state index contributed by atoms with van der Waals surface area (Å²) >= 11 is 0. The van der Waals surface area contributed by atoms with Gasteiger partial charge in [-0.1, -0.05) is 0 Å².